The van der Waals surface area contributed by atoms with Crippen LogP contribution >= 0.6 is 23.1 Å². The van der Waals surface area contributed by atoms with Gasteiger partial charge in [-0.15, -0.1) is 11.8 Å². The van der Waals surface area contributed by atoms with Crippen LogP contribution in [0.3, 0.4) is 0 Å². The summed E-state index contributed by atoms with van der Waals surface area (Å²) in [6, 6.07) is 7.28. The Hall–Kier alpha value is -2.89. The highest BCUT2D eigenvalue weighted by Crippen LogP contribution is 2.32. The highest BCUT2D eigenvalue weighted by molar-refractivity contribution is 8.00. The lowest BCUT2D eigenvalue weighted by atomic mass is 9.94. The number of anilines is 1. The number of nitrogens with zero attached hydrogens (tertiary/aromatic N) is 2. The van der Waals surface area contributed by atoms with Gasteiger partial charge in [-0.05, 0) is 31.0 Å². The van der Waals surface area contributed by atoms with Gasteiger partial charge in [0, 0.05) is 11.8 Å². The Morgan fingerprint density at radius 1 is 1.26 bits per heavy atom. The molecule has 9 nitrogen and oxygen atoms in total. The first kappa shape index (κ1) is 26.7. The molecular formula is C24H30N4O5S2. The summed E-state index contributed by atoms with van der Waals surface area (Å²) in [5.41, 5.74) is 2.31. The summed E-state index contributed by atoms with van der Waals surface area (Å²) in [5.74, 6) is 1.66. The lowest BCUT2D eigenvalue weighted by Gasteiger charge is -2.13. The second-order valence-corrected chi connectivity index (χ2v) is 11.2. The van der Waals surface area contributed by atoms with E-state index in [-0.39, 0.29) is 17.7 Å². The number of ether oxygens (including phenoxy) is 1. The Morgan fingerprint density at radius 3 is 2.77 bits per heavy atom. The molecule has 0 bridgehead atoms. The van der Waals surface area contributed by atoms with Crippen LogP contribution in [0.4, 0.5) is 5.13 Å². The van der Waals surface area contributed by atoms with Crippen LogP contribution in [-0.4, -0.2) is 33.6 Å². The minimum absolute atomic E-state index is 0.0847. The number of thiazole rings is 1. The summed E-state index contributed by atoms with van der Waals surface area (Å²) in [6.07, 6.45) is 4.13. The van der Waals surface area contributed by atoms with Crippen LogP contribution in [-0.2, 0) is 20.8 Å². The number of carbonyl (C=O) groups excluding carboxylic acids is 2. The van der Waals surface area contributed by atoms with E-state index in [0.29, 0.717) is 35.6 Å². The Balaban J connectivity index is 1.50. The number of oxazole rings is 1. The quantitative estimate of drug-likeness (QED) is 0.138. The Kier molecular flexibility index (Phi) is 9.30. The zero-order chi connectivity index (χ0) is 25.4. The topological polar surface area (TPSA) is 127 Å². The molecule has 3 aromatic rings. The van der Waals surface area contributed by atoms with Crippen molar-refractivity contribution < 1.29 is 24.0 Å². The zero-order valence-corrected chi connectivity index (χ0v) is 21.8. The van der Waals surface area contributed by atoms with Crippen LogP contribution in [0, 0.1) is 0 Å². The first-order valence-electron chi connectivity index (χ1n) is 11.2. The van der Waals surface area contributed by atoms with E-state index < -0.39 is 11.8 Å². The van der Waals surface area contributed by atoms with Crippen molar-refractivity contribution in [2.24, 2.45) is 0 Å². The monoisotopic (exact) mass is 518 g/mol. The number of nitrogens with one attached hydrogen (secondary N) is 2. The third-order valence-corrected chi connectivity index (χ3v) is 7.13. The molecule has 188 valence electrons. The number of aromatic nitrogens is 2. The minimum Gasteiger partial charge on any atom is -0.494 e. The number of hydrogen-bond donors (Lipinski definition) is 3. The first-order chi connectivity index (χ1) is 16.7. The molecule has 0 aliphatic carbocycles. The van der Waals surface area contributed by atoms with Crippen molar-refractivity contribution in [3.8, 4) is 5.75 Å². The van der Waals surface area contributed by atoms with Gasteiger partial charge in [-0.3, -0.25) is 14.8 Å². The molecule has 0 saturated heterocycles. The fraction of sp³-hybridized carbons (Fsp3) is 0.417. The van der Waals surface area contributed by atoms with E-state index in [9.17, 15) is 9.59 Å². The molecule has 0 radical (unpaired) electrons. The Morgan fingerprint density at radius 2 is 2.06 bits per heavy atom. The van der Waals surface area contributed by atoms with Gasteiger partial charge in [-0.2, -0.15) is 0 Å². The number of thioether (sulfide) groups is 1. The number of carbonyl (C=O) groups is 2. The molecule has 1 unspecified atom stereocenters. The second-order valence-electron chi connectivity index (χ2n) is 8.91. The zero-order valence-electron chi connectivity index (χ0n) is 20.2. The molecule has 2 heterocycles. The molecule has 35 heavy (non-hydrogen) atoms. The predicted octanol–water partition coefficient (Wildman–Crippen LogP) is 5.13. The molecule has 2 amide bonds. The second kappa shape index (κ2) is 12.2. The van der Waals surface area contributed by atoms with Crippen molar-refractivity contribution in [1.29, 1.82) is 0 Å². The van der Waals surface area contributed by atoms with Crippen LogP contribution in [0.25, 0.3) is 0 Å². The average Bonchev–Trinajstić information content (AvgIpc) is 3.49. The molecule has 0 saturated carbocycles. The van der Waals surface area contributed by atoms with Crippen molar-refractivity contribution >= 4 is 40.0 Å². The summed E-state index contributed by atoms with van der Waals surface area (Å²) in [5, 5.41) is 11.9. The van der Waals surface area contributed by atoms with Gasteiger partial charge >= 0.3 is 0 Å². The van der Waals surface area contributed by atoms with Crippen LogP contribution in [0.5, 0.6) is 5.75 Å². The third-order valence-electron chi connectivity index (χ3n) is 5.04. The Labute approximate surface area is 212 Å². The van der Waals surface area contributed by atoms with Gasteiger partial charge in [0.1, 0.15) is 11.5 Å². The summed E-state index contributed by atoms with van der Waals surface area (Å²) in [6.45, 7) is 8.37. The fourth-order valence-electron chi connectivity index (χ4n) is 2.96. The Bertz CT molecular complexity index is 1140. The van der Waals surface area contributed by atoms with Gasteiger partial charge in [0.05, 0.1) is 34.9 Å². The van der Waals surface area contributed by atoms with Crippen molar-refractivity contribution in [2.75, 3.05) is 11.9 Å². The van der Waals surface area contributed by atoms with Crippen molar-refractivity contribution in [1.82, 2.24) is 15.4 Å². The van der Waals surface area contributed by atoms with Crippen molar-refractivity contribution in [3.05, 3.63) is 53.9 Å². The first-order valence-corrected chi connectivity index (χ1v) is 13.0. The van der Waals surface area contributed by atoms with E-state index in [0.717, 1.165) is 15.5 Å². The summed E-state index contributed by atoms with van der Waals surface area (Å²) >= 11 is 2.96. The highest BCUT2D eigenvalue weighted by Gasteiger charge is 2.20. The smallest absolute Gasteiger partial charge is 0.243 e. The summed E-state index contributed by atoms with van der Waals surface area (Å²) < 4.78 is 12.4. The lowest BCUT2D eigenvalue weighted by Crippen LogP contribution is -2.19. The predicted molar refractivity (Wildman–Crippen MR) is 135 cm³/mol. The molecule has 11 heteroatoms. The van der Waals surface area contributed by atoms with E-state index >= 15 is 0 Å². The highest BCUT2D eigenvalue weighted by atomic mass is 32.2. The van der Waals surface area contributed by atoms with Gasteiger partial charge in [0.15, 0.2) is 5.13 Å². The molecule has 0 spiro atoms. The van der Waals surface area contributed by atoms with Crippen molar-refractivity contribution in [3.63, 3.8) is 0 Å². The van der Waals surface area contributed by atoms with Crippen LogP contribution < -0.4 is 15.5 Å². The normalized spacial score (nSPS) is 12.3. The number of rotatable bonds is 11. The maximum absolute atomic E-state index is 12.8. The van der Waals surface area contributed by atoms with Gasteiger partial charge in [0.2, 0.25) is 17.7 Å². The van der Waals surface area contributed by atoms with Gasteiger partial charge < -0.3 is 14.5 Å². The summed E-state index contributed by atoms with van der Waals surface area (Å²) in [7, 11) is 0. The van der Waals surface area contributed by atoms with Gasteiger partial charge in [0.25, 0.3) is 0 Å². The molecular weight excluding hydrogens is 488 g/mol. The fourth-order valence-corrected chi connectivity index (χ4v) is 4.69. The number of amides is 2. The van der Waals surface area contributed by atoms with Crippen LogP contribution in [0.2, 0.25) is 0 Å². The van der Waals surface area contributed by atoms with Crippen molar-refractivity contribution in [2.45, 2.75) is 61.8 Å². The largest absolute Gasteiger partial charge is 0.494 e. The molecule has 3 rings (SSSR count). The molecule has 2 aromatic heterocycles. The number of hydroxylamine groups is 1. The minimum atomic E-state index is -0.455. The standard InChI is InChI=1S/C24H30N4O5S2/c1-15(16-7-5-8-17(11-16)32-10-6-9-19(29)28-31)22(30)27-23-26-13-21(35-23)34-14-20-25-12-18(33-20)24(2,3)4/h5,7-8,11-13,15,31H,6,9-10,14H2,1-4H3,(H,28,29)(H,26,27,30). The molecule has 0 aliphatic heterocycles. The third kappa shape index (κ3) is 8.08. The van der Waals surface area contributed by atoms with Gasteiger partial charge in [-0.25, -0.2) is 15.4 Å². The SMILES string of the molecule is CC(C(=O)Nc1ncc(SCc2ncc(C(C)(C)C)o2)s1)c1cccc(OCCCC(=O)NO)c1. The molecule has 0 aliphatic rings. The number of benzene rings is 1. The molecule has 3 N–H and O–H groups in total. The maximum atomic E-state index is 12.8. The van der Waals surface area contributed by atoms with E-state index in [2.05, 4.69) is 36.1 Å². The van der Waals surface area contributed by atoms with E-state index in [1.165, 1.54) is 11.3 Å². The van der Waals surface area contributed by atoms with E-state index in [4.69, 9.17) is 14.4 Å². The number of hydrogen-bond acceptors (Lipinski definition) is 9. The van der Waals surface area contributed by atoms with Crippen LogP contribution in [0.15, 0.2) is 45.3 Å². The molecule has 1 atom stereocenters. The average molecular weight is 519 g/mol. The van der Waals surface area contributed by atoms with E-state index in [1.54, 1.807) is 35.7 Å². The maximum Gasteiger partial charge on any atom is 0.243 e. The lowest BCUT2D eigenvalue weighted by molar-refractivity contribution is -0.129. The van der Waals surface area contributed by atoms with Crippen LogP contribution in [0.1, 0.15) is 63.7 Å². The summed E-state index contributed by atoms with van der Waals surface area (Å²) in [4.78, 5) is 32.5. The van der Waals surface area contributed by atoms with E-state index in [1.807, 2.05) is 25.1 Å². The molecule has 0 fully saturated rings. The van der Waals surface area contributed by atoms with Gasteiger partial charge in [-0.1, -0.05) is 44.2 Å². The molecule has 1 aromatic carbocycles.